The van der Waals surface area contributed by atoms with Crippen molar-refractivity contribution in [2.24, 2.45) is 0 Å². The van der Waals surface area contributed by atoms with E-state index in [0.717, 1.165) is 5.56 Å². The fourth-order valence-corrected chi connectivity index (χ4v) is 3.19. The van der Waals surface area contributed by atoms with Crippen LogP contribution in [0.3, 0.4) is 0 Å². The zero-order chi connectivity index (χ0) is 14.8. The van der Waals surface area contributed by atoms with Crippen LogP contribution >= 0.6 is 0 Å². The van der Waals surface area contributed by atoms with Crippen LogP contribution < -0.4 is 5.56 Å². The van der Waals surface area contributed by atoms with Crippen molar-refractivity contribution in [2.75, 3.05) is 7.05 Å². The average Bonchev–Trinajstić information content (AvgIpc) is 2.47. The van der Waals surface area contributed by atoms with Crippen LogP contribution in [0.25, 0.3) is 0 Å². The number of H-pyrrole nitrogens is 1. The van der Waals surface area contributed by atoms with E-state index in [1.54, 1.807) is 0 Å². The van der Waals surface area contributed by atoms with Gasteiger partial charge in [-0.1, -0.05) is 30.3 Å². The van der Waals surface area contributed by atoms with Gasteiger partial charge in [-0.2, -0.15) is 4.31 Å². The van der Waals surface area contributed by atoms with Crippen molar-refractivity contribution in [2.45, 2.75) is 17.9 Å². The van der Waals surface area contributed by atoms with Crippen LogP contribution in [0.4, 0.5) is 0 Å². The molecular formula is C14H16N2O3S. The first kappa shape index (κ1) is 14.5. The molecule has 5 nitrogen and oxygen atoms in total. The molecule has 1 unspecified atom stereocenters. The summed E-state index contributed by atoms with van der Waals surface area (Å²) in [5.74, 6) is 0. The van der Waals surface area contributed by atoms with Crippen LogP contribution in [-0.2, 0) is 10.0 Å². The second kappa shape index (κ2) is 5.60. The molecule has 106 valence electrons. The zero-order valence-electron chi connectivity index (χ0n) is 11.3. The molecule has 0 amide bonds. The molecule has 0 radical (unpaired) electrons. The Balaban J connectivity index is 2.34. The van der Waals surface area contributed by atoms with E-state index in [9.17, 15) is 13.2 Å². The molecule has 0 aliphatic heterocycles. The third-order valence-corrected chi connectivity index (χ3v) is 5.18. The second-order valence-corrected chi connectivity index (χ2v) is 6.49. The Labute approximate surface area is 117 Å². The number of hydrogen-bond acceptors (Lipinski definition) is 3. The molecule has 1 N–H and O–H groups in total. The first-order valence-corrected chi connectivity index (χ1v) is 7.58. The molecule has 6 heteroatoms. The van der Waals surface area contributed by atoms with E-state index in [0.29, 0.717) is 0 Å². The molecule has 1 aromatic heterocycles. The minimum atomic E-state index is -3.64. The van der Waals surface area contributed by atoms with E-state index in [1.807, 2.05) is 37.3 Å². The van der Waals surface area contributed by atoms with E-state index in [-0.39, 0.29) is 16.5 Å². The number of nitrogens with zero attached hydrogens (tertiary/aromatic N) is 1. The van der Waals surface area contributed by atoms with Crippen LogP contribution in [0.1, 0.15) is 18.5 Å². The van der Waals surface area contributed by atoms with Crippen molar-refractivity contribution in [3.8, 4) is 0 Å². The molecule has 0 aliphatic carbocycles. The van der Waals surface area contributed by atoms with Gasteiger partial charge in [0.2, 0.25) is 15.6 Å². The second-order valence-electron chi connectivity index (χ2n) is 4.50. The molecule has 0 saturated carbocycles. The molecule has 1 atom stereocenters. The van der Waals surface area contributed by atoms with Gasteiger partial charge in [0.25, 0.3) is 0 Å². The molecule has 0 bridgehead atoms. The van der Waals surface area contributed by atoms with Gasteiger partial charge >= 0.3 is 0 Å². The molecule has 0 fully saturated rings. The molecule has 0 aliphatic rings. The van der Waals surface area contributed by atoms with E-state index in [2.05, 4.69) is 4.98 Å². The van der Waals surface area contributed by atoms with E-state index >= 15 is 0 Å². The highest BCUT2D eigenvalue weighted by Gasteiger charge is 2.26. The van der Waals surface area contributed by atoms with Crippen LogP contribution in [0.2, 0.25) is 0 Å². The van der Waals surface area contributed by atoms with Gasteiger partial charge in [-0.05, 0) is 18.6 Å². The van der Waals surface area contributed by atoms with Crippen LogP contribution in [0.5, 0.6) is 0 Å². The van der Waals surface area contributed by atoms with Crippen molar-refractivity contribution in [1.29, 1.82) is 0 Å². The number of rotatable bonds is 4. The zero-order valence-corrected chi connectivity index (χ0v) is 12.1. The van der Waals surface area contributed by atoms with Gasteiger partial charge in [0.1, 0.15) is 0 Å². The molecule has 0 spiro atoms. The number of hydrogen-bond donors (Lipinski definition) is 1. The summed E-state index contributed by atoms with van der Waals surface area (Å²) >= 11 is 0. The lowest BCUT2D eigenvalue weighted by Gasteiger charge is -2.24. The third-order valence-electron chi connectivity index (χ3n) is 3.26. The van der Waals surface area contributed by atoms with E-state index in [1.165, 1.54) is 29.7 Å². The Hall–Kier alpha value is -1.92. The Bertz CT molecular complexity index is 718. The van der Waals surface area contributed by atoms with Gasteiger partial charge in [0, 0.05) is 25.4 Å². The van der Waals surface area contributed by atoms with Gasteiger partial charge in [-0.25, -0.2) is 8.42 Å². The number of aromatic nitrogens is 1. The Morgan fingerprint density at radius 3 is 2.30 bits per heavy atom. The largest absolute Gasteiger partial charge is 0.328 e. The summed E-state index contributed by atoms with van der Waals surface area (Å²) < 4.78 is 26.2. The van der Waals surface area contributed by atoms with Crippen molar-refractivity contribution in [3.05, 3.63) is 64.6 Å². The summed E-state index contributed by atoms with van der Waals surface area (Å²) in [5.41, 5.74) is 0.575. The summed E-state index contributed by atoms with van der Waals surface area (Å²) in [6.07, 6.45) is 1.21. The monoisotopic (exact) mass is 292 g/mol. The maximum absolute atomic E-state index is 12.5. The molecule has 0 saturated heterocycles. The normalized spacial score (nSPS) is 13.3. The minimum Gasteiger partial charge on any atom is -0.328 e. The van der Waals surface area contributed by atoms with Crippen LogP contribution in [0, 0.1) is 0 Å². The highest BCUT2D eigenvalue weighted by molar-refractivity contribution is 7.89. The van der Waals surface area contributed by atoms with Crippen molar-refractivity contribution in [3.63, 3.8) is 0 Å². The maximum atomic E-state index is 12.5. The highest BCUT2D eigenvalue weighted by Crippen LogP contribution is 2.24. The first-order chi connectivity index (χ1) is 9.43. The minimum absolute atomic E-state index is 0.0716. The smallest absolute Gasteiger partial charge is 0.247 e. The summed E-state index contributed by atoms with van der Waals surface area (Å²) in [7, 11) is -2.11. The predicted molar refractivity (Wildman–Crippen MR) is 76.9 cm³/mol. The fraction of sp³-hybridized carbons (Fsp3) is 0.214. The van der Waals surface area contributed by atoms with Gasteiger partial charge in [-0.3, -0.25) is 4.79 Å². The summed E-state index contributed by atoms with van der Waals surface area (Å²) in [6, 6.07) is 11.6. The summed E-state index contributed by atoms with van der Waals surface area (Å²) in [4.78, 5) is 13.5. The molecule has 1 aromatic carbocycles. The van der Waals surface area contributed by atoms with Gasteiger partial charge in [0.05, 0.1) is 4.90 Å². The summed E-state index contributed by atoms with van der Waals surface area (Å²) in [5, 5.41) is 0. The molecule has 2 aromatic rings. The lowest BCUT2D eigenvalue weighted by Crippen LogP contribution is -2.30. The van der Waals surface area contributed by atoms with Gasteiger partial charge in [0.15, 0.2) is 0 Å². The Morgan fingerprint density at radius 1 is 1.10 bits per heavy atom. The van der Waals surface area contributed by atoms with Crippen LogP contribution in [0.15, 0.2) is 58.4 Å². The first-order valence-electron chi connectivity index (χ1n) is 6.14. The number of aromatic amines is 1. The van der Waals surface area contributed by atoms with Crippen molar-refractivity contribution < 1.29 is 8.42 Å². The maximum Gasteiger partial charge on any atom is 0.247 e. The van der Waals surface area contributed by atoms with Gasteiger partial charge in [-0.15, -0.1) is 0 Å². The molecule has 1 heterocycles. The molecule has 20 heavy (non-hydrogen) atoms. The third kappa shape index (κ3) is 2.81. The summed E-state index contributed by atoms with van der Waals surface area (Å²) in [6.45, 7) is 1.82. The Morgan fingerprint density at radius 2 is 1.75 bits per heavy atom. The fourth-order valence-electron chi connectivity index (χ4n) is 1.87. The quantitative estimate of drug-likeness (QED) is 0.933. The SMILES string of the molecule is CC(c1ccccc1)N(C)S(=O)(=O)c1ccc(=O)[nH]c1. The number of benzene rings is 1. The predicted octanol–water partition coefficient (Wildman–Crippen LogP) is 1.76. The highest BCUT2D eigenvalue weighted by atomic mass is 32.2. The van der Waals surface area contributed by atoms with Crippen molar-refractivity contribution in [1.82, 2.24) is 9.29 Å². The Kier molecular flexibility index (Phi) is 4.06. The average molecular weight is 292 g/mol. The number of sulfonamides is 1. The van der Waals surface area contributed by atoms with E-state index in [4.69, 9.17) is 0 Å². The lowest BCUT2D eigenvalue weighted by atomic mass is 10.1. The van der Waals surface area contributed by atoms with Gasteiger partial charge < -0.3 is 4.98 Å². The molecule has 2 rings (SSSR count). The number of pyridine rings is 1. The van der Waals surface area contributed by atoms with Crippen molar-refractivity contribution >= 4 is 10.0 Å². The van der Waals surface area contributed by atoms with Crippen LogP contribution in [-0.4, -0.2) is 24.8 Å². The topological polar surface area (TPSA) is 70.2 Å². The number of nitrogens with one attached hydrogen (secondary N) is 1. The van der Waals surface area contributed by atoms with E-state index < -0.39 is 10.0 Å². The standard InChI is InChI=1S/C14H16N2O3S/c1-11(12-6-4-3-5-7-12)16(2)20(18,19)13-8-9-14(17)15-10-13/h3-11H,1-2H3,(H,15,17). The lowest BCUT2D eigenvalue weighted by molar-refractivity contribution is 0.398. The molecular weight excluding hydrogens is 276 g/mol.